The van der Waals surface area contributed by atoms with Crippen molar-refractivity contribution in [2.45, 2.75) is 51.0 Å². The maximum Gasteiger partial charge on any atom is 0.251 e. The van der Waals surface area contributed by atoms with Crippen molar-refractivity contribution in [3.05, 3.63) is 35.4 Å². The van der Waals surface area contributed by atoms with Crippen molar-refractivity contribution in [3.63, 3.8) is 0 Å². The largest absolute Gasteiger partial charge is 0.497 e. The van der Waals surface area contributed by atoms with Gasteiger partial charge in [-0.25, -0.2) is 0 Å². The lowest BCUT2D eigenvalue weighted by Crippen LogP contribution is -2.56. The Morgan fingerprint density at radius 2 is 1.80 bits per heavy atom. The van der Waals surface area contributed by atoms with Crippen LogP contribution in [0.25, 0.3) is 5.57 Å². The molecule has 0 heterocycles. The highest BCUT2D eigenvalue weighted by Gasteiger charge is 2.48. The highest BCUT2D eigenvalue weighted by Crippen LogP contribution is 2.53. The minimum Gasteiger partial charge on any atom is -0.497 e. The van der Waals surface area contributed by atoms with E-state index < -0.39 is 0 Å². The predicted octanol–water partition coefficient (Wildman–Crippen LogP) is 3.97. The lowest BCUT2D eigenvalue weighted by atomic mass is 9.54. The van der Waals surface area contributed by atoms with Gasteiger partial charge in [-0.3, -0.25) is 4.79 Å². The van der Waals surface area contributed by atoms with E-state index in [1.807, 2.05) is 12.1 Å². The predicted molar refractivity (Wildman–Crippen MR) is 98.3 cm³/mol. The van der Waals surface area contributed by atoms with Gasteiger partial charge >= 0.3 is 0 Å². The van der Waals surface area contributed by atoms with Crippen LogP contribution in [0.4, 0.5) is 0 Å². The van der Waals surface area contributed by atoms with Gasteiger partial charge in [-0.1, -0.05) is 12.1 Å². The van der Waals surface area contributed by atoms with Gasteiger partial charge in [-0.05, 0) is 91.9 Å². The number of rotatable bonds is 3. The van der Waals surface area contributed by atoms with Gasteiger partial charge in [-0.15, -0.1) is 0 Å². The molecule has 0 radical (unpaired) electrons. The number of carbonyl (C=O) groups is 1. The molecule has 1 aromatic carbocycles. The fourth-order valence-corrected chi connectivity index (χ4v) is 6.24. The van der Waals surface area contributed by atoms with Crippen molar-refractivity contribution in [1.82, 2.24) is 5.32 Å². The van der Waals surface area contributed by atoms with Gasteiger partial charge in [-0.2, -0.15) is 0 Å². The van der Waals surface area contributed by atoms with Crippen LogP contribution in [0.5, 0.6) is 5.75 Å². The molecule has 3 heteroatoms. The summed E-state index contributed by atoms with van der Waals surface area (Å²) in [7, 11) is 1.68. The highest BCUT2D eigenvalue weighted by atomic mass is 16.5. The molecule has 0 saturated heterocycles. The molecular weight excluding hydrogens is 310 g/mol. The number of benzene rings is 1. The number of aryl methyl sites for hydroxylation is 1. The summed E-state index contributed by atoms with van der Waals surface area (Å²) in [6.07, 6.45) is 10.9. The SMILES string of the molecule is COc1ccc2c(c1)C(C(=O)NC1C3CC4CC(C3)CC1C4)=CCC2. The Morgan fingerprint density at radius 3 is 2.48 bits per heavy atom. The Hall–Kier alpha value is -1.77. The van der Waals surface area contributed by atoms with Crippen LogP contribution in [-0.4, -0.2) is 19.1 Å². The minimum absolute atomic E-state index is 0.131. The molecule has 25 heavy (non-hydrogen) atoms. The number of methoxy groups -OCH3 is 1. The van der Waals surface area contributed by atoms with Crippen molar-refractivity contribution in [3.8, 4) is 5.75 Å². The summed E-state index contributed by atoms with van der Waals surface area (Å²) >= 11 is 0. The maximum atomic E-state index is 13.1. The topological polar surface area (TPSA) is 38.3 Å². The van der Waals surface area contributed by atoms with Crippen LogP contribution < -0.4 is 10.1 Å². The van der Waals surface area contributed by atoms with Crippen molar-refractivity contribution in [2.24, 2.45) is 23.7 Å². The first-order valence-electron chi connectivity index (χ1n) is 9.89. The molecule has 1 aromatic rings. The Bertz CT molecular complexity index is 708. The summed E-state index contributed by atoms with van der Waals surface area (Å²) in [5.41, 5.74) is 3.18. The van der Waals surface area contributed by atoms with E-state index in [-0.39, 0.29) is 5.91 Å². The summed E-state index contributed by atoms with van der Waals surface area (Å²) in [6, 6.07) is 6.53. The lowest BCUT2D eigenvalue weighted by Gasteiger charge is -2.54. The van der Waals surface area contributed by atoms with E-state index in [2.05, 4.69) is 17.5 Å². The molecule has 0 aliphatic heterocycles. The molecule has 4 bridgehead atoms. The van der Waals surface area contributed by atoms with Crippen LogP contribution in [0.15, 0.2) is 24.3 Å². The van der Waals surface area contributed by atoms with Crippen LogP contribution in [0.3, 0.4) is 0 Å². The maximum absolute atomic E-state index is 13.1. The van der Waals surface area contributed by atoms with E-state index in [0.717, 1.165) is 41.6 Å². The second kappa shape index (κ2) is 5.89. The fraction of sp³-hybridized carbons (Fsp3) is 0.591. The van der Waals surface area contributed by atoms with E-state index >= 15 is 0 Å². The first kappa shape index (κ1) is 15.5. The molecule has 0 atom stereocenters. The third-order valence-electron chi connectivity index (χ3n) is 7.14. The van der Waals surface area contributed by atoms with E-state index in [4.69, 9.17) is 4.74 Å². The van der Waals surface area contributed by atoms with E-state index in [1.54, 1.807) is 7.11 Å². The number of fused-ring (bicyclic) bond motifs is 1. The van der Waals surface area contributed by atoms with E-state index in [1.165, 1.54) is 37.7 Å². The standard InChI is InChI=1S/C22H27NO2/c1-25-18-6-5-15-3-2-4-19(20(15)12-18)22(24)23-21-16-8-13-7-14(10-16)11-17(21)9-13/h4-6,12-14,16-17,21H,2-3,7-11H2,1H3,(H,23,24). The van der Waals surface area contributed by atoms with Crippen molar-refractivity contribution < 1.29 is 9.53 Å². The molecule has 3 nitrogen and oxygen atoms in total. The van der Waals surface area contributed by atoms with Gasteiger partial charge in [0, 0.05) is 11.6 Å². The third kappa shape index (κ3) is 2.59. The number of ether oxygens (including phenoxy) is 1. The molecule has 132 valence electrons. The normalized spacial score (nSPS) is 35.1. The Kier molecular flexibility index (Phi) is 3.65. The molecule has 6 rings (SSSR count). The summed E-state index contributed by atoms with van der Waals surface area (Å²) in [5, 5.41) is 3.46. The zero-order valence-corrected chi connectivity index (χ0v) is 15.0. The number of carbonyl (C=O) groups excluding carboxylic acids is 1. The van der Waals surface area contributed by atoms with Crippen LogP contribution in [-0.2, 0) is 11.2 Å². The second-order valence-corrected chi connectivity index (χ2v) is 8.61. The molecule has 5 aliphatic carbocycles. The van der Waals surface area contributed by atoms with E-state index in [0.29, 0.717) is 17.9 Å². The van der Waals surface area contributed by atoms with Gasteiger partial charge < -0.3 is 10.1 Å². The van der Waals surface area contributed by atoms with Crippen LogP contribution >= 0.6 is 0 Å². The fourth-order valence-electron chi connectivity index (χ4n) is 6.24. The van der Waals surface area contributed by atoms with E-state index in [9.17, 15) is 4.79 Å². The number of hydrogen-bond acceptors (Lipinski definition) is 2. The molecule has 4 fully saturated rings. The lowest BCUT2D eigenvalue weighted by molar-refractivity contribution is -0.119. The second-order valence-electron chi connectivity index (χ2n) is 8.61. The van der Waals surface area contributed by atoms with Crippen LogP contribution in [0.1, 0.15) is 49.7 Å². The molecule has 4 saturated carbocycles. The van der Waals surface area contributed by atoms with Gasteiger partial charge in [0.2, 0.25) is 0 Å². The molecule has 0 unspecified atom stereocenters. The Labute approximate surface area is 149 Å². The summed E-state index contributed by atoms with van der Waals surface area (Å²) in [5.74, 6) is 4.27. The van der Waals surface area contributed by atoms with Crippen LogP contribution in [0.2, 0.25) is 0 Å². The zero-order chi connectivity index (χ0) is 17.0. The number of hydrogen-bond donors (Lipinski definition) is 1. The smallest absolute Gasteiger partial charge is 0.251 e. The average molecular weight is 337 g/mol. The monoisotopic (exact) mass is 337 g/mol. The summed E-state index contributed by atoms with van der Waals surface area (Å²) in [6.45, 7) is 0. The molecular formula is C22H27NO2. The molecule has 1 N–H and O–H groups in total. The molecule has 0 aromatic heterocycles. The van der Waals surface area contributed by atoms with Gasteiger partial charge in [0.25, 0.3) is 5.91 Å². The Balaban J connectivity index is 1.38. The number of allylic oxidation sites excluding steroid dienone is 1. The molecule has 1 amide bonds. The third-order valence-corrected chi connectivity index (χ3v) is 7.14. The molecule has 5 aliphatic rings. The minimum atomic E-state index is 0.131. The zero-order valence-electron chi connectivity index (χ0n) is 15.0. The van der Waals surface area contributed by atoms with Gasteiger partial charge in [0.05, 0.1) is 7.11 Å². The Morgan fingerprint density at radius 1 is 1.08 bits per heavy atom. The van der Waals surface area contributed by atoms with Crippen molar-refractivity contribution >= 4 is 11.5 Å². The number of amides is 1. The van der Waals surface area contributed by atoms with Crippen LogP contribution in [0, 0.1) is 23.7 Å². The van der Waals surface area contributed by atoms with Gasteiger partial charge in [0.1, 0.15) is 5.75 Å². The van der Waals surface area contributed by atoms with Crippen molar-refractivity contribution in [1.29, 1.82) is 0 Å². The highest BCUT2D eigenvalue weighted by molar-refractivity contribution is 6.20. The summed E-state index contributed by atoms with van der Waals surface area (Å²) in [4.78, 5) is 13.1. The average Bonchev–Trinajstić information content (AvgIpc) is 2.63. The first-order chi connectivity index (χ1) is 12.2. The van der Waals surface area contributed by atoms with Crippen molar-refractivity contribution in [2.75, 3.05) is 7.11 Å². The number of nitrogens with one attached hydrogen (secondary N) is 1. The molecule has 0 spiro atoms. The summed E-state index contributed by atoms with van der Waals surface area (Å²) < 4.78 is 5.38. The first-order valence-corrected chi connectivity index (χ1v) is 9.89. The van der Waals surface area contributed by atoms with Gasteiger partial charge in [0.15, 0.2) is 0 Å². The quantitative estimate of drug-likeness (QED) is 0.906.